The molecule has 0 unspecified atom stereocenters. The molecule has 2 aromatic heterocycles. The van der Waals surface area contributed by atoms with Crippen LogP contribution in [0.2, 0.25) is 0 Å². The molecule has 136 valence electrons. The lowest BCUT2D eigenvalue weighted by Crippen LogP contribution is -3.13. The molecule has 1 aliphatic rings. The Morgan fingerprint density at radius 3 is 2.48 bits per heavy atom. The fourth-order valence-electron chi connectivity index (χ4n) is 4.02. The van der Waals surface area contributed by atoms with Gasteiger partial charge >= 0.3 is 0 Å². The number of fused-ring (bicyclic) bond motifs is 3. The van der Waals surface area contributed by atoms with Crippen LogP contribution < -0.4 is 9.80 Å². The zero-order valence-corrected chi connectivity index (χ0v) is 15.5. The second-order valence-corrected chi connectivity index (χ2v) is 7.23. The molecule has 0 atom stereocenters. The van der Waals surface area contributed by atoms with Crippen LogP contribution in [0, 0.1) is 6.92 Å². The summed E-state index contributed by atoms with van der Waals surface area (Å²) in [5.74, 6) is 1.85. The molecule has 6 nitrogen and oxygen atoms in total. The van der Waals surface area contributed by atoms with Gasteiger partial charge in [-0.2, -0.15) is 0 Å². The maximum Gasteiger partial charge on any atom is 0.204 e. The summed E-state index contributed by atoms with van der Waals surface area (Å²) in [7, 11) is 0. The Morgan fingerprint density at radius 2 is 1.67 bits per heavy atom. The van der Waals surface area contributed by atoms with Gasteiger partial charge in [-0.05, 0) is 19.1 Å². The Balaban J connectivity index is 1.43. The first-order valence-electron chi connectivity index (χ1n) is 9.52. The SMILES string of the molecule is Cc1nnc2c(N3CC[NH+](Cc4ccccc4)CC3)nc3ccccc3n12. The number of rotatable bonds is 3. The van der Waals surface area contributed by atoms with Crippen LogP contribution >= 0.6 is 0 Å². The Hall–Kier alpha value is -2.99. The number of aryl methyl sites for hydroxylation is 1. The molecule has 1 saturated heterocycles. The van der Waals surface area contributed by atoms with Crippen molar-refractivity contribution in [2.24, 2.45) is 0 Å². The van der Waals surface area contributed by atoms with Crippen molar-refractivity contribution < 1.29 is 4.90 Å². The minimum absolute atomic E-state index is 0.859. The Morgan fingerprint density at radius 1 is 0.926 bits per heavy atom. The molecule has 0 amide bonds. The predicted octanol–water partition coefficient (Wildman–Crippen LogP) is 1.49. The lowest BCUT2D eigenvalue weighted by Gasteiger charge is -2.33. The average Bonchev–Trinajstić information content (AvgIpc) is 3.11. The molecule has 2 aromatic carbocycles. The molecule has 6 heteroatoms. The fourth-order valence-corrected chi connectivity index (χ4v) is 4.02. The van der Waals surface area contributed by atoms with Gasteiger partial charge in [0.05, 0.1) is 37.2 Å². The van der Waals surface area contributed by atoms with Gasteiger partial charge in [0.2, 0.25) is 5.65 Å². The summed E-state index contributed by atoms with van der Waals surface area (Å²) < 4.78 is 2.13. The van der Waals surface area contributed by atoms with Crippen molar-refractivity contribution in [3.05, 3.63) is 66.0 Å². The van der Waals surface area contributed by atoms with E-state index in [2.05, 4.69) is 62.0 Å². The summed E-state index contributed by atoms with van der Waals surface area (Å²) in [4.78, 5) is 8.93. The number of nitrogens with zero attached hydrogens (tertiary/aromatic N) is 5. The number of anilines is 1. The van der Waals surface area contributed by atoms with E-state index in [0.29, 0.717) is 0 Å². The Labute approximate surface area is 158 Å². The van der Waals surface area contributed by atoms with Crippen LogP contribution in [0.25, 0.3) is 16.7 Å². The van der Waals surface area contributed by atoms with Gasteiger partial charge in [0.25, 0.3) is 0 Å². The van der Waals surface area contributed by atoms with Gasteiger partial charge in [0.1, 0.15) is 12.4 Å². The summed E-state index contributed by atoms with van der Waals surface area (Å²) in [5.41, 5.74) is 4.31. The van der Waals surface area contributed by atoms with Crippen LogP contribution in [0.5, 0.6) is 0 Å². The highest BCUT2D eigenvalue weighted by molar-refractivity contribution is 5.83. The number of para-hydroxylation sites is 2. The monoisotopic (exact) mass is 359 g/mol. The van der Waals surface area contributed by atoms with Crippen molar-refractivity contribution in [2.45, 2.75) is 13.5 Å². The minimum atomic E-state index is 0.859. The van der Waals surface area contributed by atoms with Crippen molar-refractivity contribution in [1.82, 2.24) is 19.6 Å². The molecular weight excluding hydrogens is 336 g/mol. The number of nitrogens with one attached hydrogen (secondary N) is 1. The Bertz CT molecular complexity index is 1080. The maximum atomic E-state index is 4.94. The summed E-state index contributed by atoms with van der Waals surface area (Å²) in [6.07, 6.45) is 0. The maximum absolute atomic E-state index is 4.94. The van der Waals surface area contributed by atoms with Gasteiger partial charge in [-0.15, -0.1) is 10.2 Å². The van der Waals surface area contributed by atoms with Crippen LogP contribution in [0.4, 0.5) is 5.82 Å². The molecule has 4 aromatic rings. The van der Waals surface area contributed by atoms with E-state index in [0.717, 1.165) is 61.0 Å². The highest BCUT2D eigenvalue weighted by Gasteiger charge is 2.24. The van der Waals surface area contributed by atoms with Crippen molar-refractivity contribution in [2.75, 3.05) is 31.1 Å². The topological polar surface area (TPSA) is 50.8 Å². The third kappa shape index (κ3) is 2.92. The molecule has 1 fully saturated rings. The molecule has 0 radical (unpaired) electrons. The highest BCUT2D eigenvalue weighted by Crippen LogP contribution is 2.24. The van der Waals surface area contributed by atoms with E-state index in [1.54, 1.807) is 4.90 Å². The molecule has 5 rings (SSSR count). The fraction of sp³-hybridized carbons (Fsp3) is 0.286. The highest BCUT2D eigenvalue weighted by atomic mass is 15.3. The van der Waals surface area contributed by atoms with E-state index in [1.807, 2.05) is 19.1 Å². The largest absolute Gasteiger partial charge is 0.342 e. The van der Waals surface area contributed by atoms with E-state index >= 15 is 0 Å². The van der Waals surface area contributed by atoms with Crippen LogP contribution in [0.1, 0.15) is 11.4 Å². The second-order valence-electron chi connectivity index (χ2n) is 7.23. The molecule has 27 heavy (non-hydrogen) atoms. The molecule has 0 bridgehead atoms. The standard InChI is InChI=1S/C21H22N6/c1-16-23-24-21-20(22-18-9-5-6-10-19(18)27(16)21)26-13-11-25(12-14-26)15-17-7-3-2-4-8-17/h2-10H,11-15H2,1H3/p+1. The lowest BCUT2D eigenvalue weighted by molar-refractivity contribution is -0.914. The van der Waals surface area contributed by atoms with Crippen molar-refractivity contribution in [1.29, 1.82) is 0 Å². The third-order valence-corrected chi connectivity index (χ3v) is 5.44. The van der Waals surface area contributed by atoms with Crippen LogP contribution in [0.3, 0.4) is 0 Å². The number of quaternary nitrogens is 1. The van der Waals surface area contributed by atoms with Crippen molar-refractivity contribution in [3.63, 3.8) is 0 Å². The smallest absolute Gasteiger partial charge is 0.204 e. The molecule has 3 heterocycles. The predicted molar refractivity (Wildman–Crippen MR) is 106 cm³/mol. The Kier molecular flexibility index (Phi) is 3.98. The summed E-state index contributed by atoms with van der Waals surface area (Å²) in [6.45, 7) is 7.24. The molecule has 0 spiro atoms. The van der Waals surface area contributed by atoms with E-state index in [1.165, 1.54) is 5.56 Å². The first-order valence-corrected chi connectivity index (χ1v) is 9.52. The van der Waals surface area contributed by atoms with Gasteiger partial charge in [0.15, 0.2) is 5.82 Å². The average molecular weight is 359 g/mol. The van der Waals surface area contributed by atoms with E-state index in [9.17, 15) is 0 Å². The summed E-state index contributed by atoms with van der Waals surface area (Å²) >= 11 is 0. The zero-order valence-electron chi connectivity index (χ0n) is 15.5. The van der Waals surface area contributed by atoms with Gasteiger partial charge in [-0.3, -0.25) is 4.40 Å². The van der Waals surface area contributed by atoms with Gasteiger partial charge in [0, 0.05) is 5.56 Å². The molecule has 1 N–H and O–H groups in total. The first-order chi connectivity index (χ1) is 13.3. The second kappa shape index (κ2) is 6.63. The van der Waals surface area contributed by atoms with E-state index in [4.69, 9.17) is 4.98 Å². The molecule has 0 saturated carbocycles. The quantitative estimate of drug-likeness (QED) is 0.602. The van der Waals surface area contributed by atoms with Gasteiger partial charge in [-0.25, -0.2) is 4.98 Å². The number of hydrogen-bond acceptors (Lipinski definition) is 4. The third-order valence-electron chi connectivity index (χ3n) is 5.44. The number of piperazine rings is 1. The zero-order chi connectivity index (χ0) is 18.2. The van der Waals surface area contributed by atoms with Crippen LogP contribution in [-0.2, 0) is 6.54 Å². The van der Waals surface area contributed by atoms with Crippen LogP contribution in [0.15, 0.2) is 54.6 Å². The summed E-state index contributed by atoms with van der Waals surface area (Å²) in [6, 6.07) is 19.0. The van der Waals surface area contributed by atoms with E-state index < -0.39 is 0 Å². The van der Waals surface area contributed by atoms with E-state index in [-0.39, 0.29) is 0 Å². The van der Waals surface area contributed by atoms with Gasteiger partial charge < -0.3 is 9.80 Å². The van der Waals surface area contributed by atoms with Crippen molar-refractivity contribution in [3.8, 4) is 0 Å². The molecule has 1 aliphatic heterocycles. The molecular formula is C21H23N6+. The van der Waals surface area contributed by atoms with Gasteiger partial charge in [-0.1, -0.05) is 42.5 Å². The van der Waals surface area contributed by atoms with Crippen LogP contribution in [-0.4, -0.2) is 45.8 Å². The number of benzene rings is 2. The number of hydrogen-bond donors (Lipinski definition) is 1. The normalized spacial score (nSPS) is 15.7. The minimum Gasteiger partial charge on any atom is -0.342 e. The molecule has 0 aliphatic carbocycles. The lowest BCUT2D eigenvalue weighted by atomic mass is 10.2. The summed E-state index contributed by atoms with van der Waals surface area (Å²) in [5, 5.41) is 8.75. The number of aromatic nitrogens is 4. The van der Waals surface area contributed by atoms with Crippen molar-refractivity contribution >= 4 is 22.5 Å². The first kappa shape index (κ1) is 16.2.